The second kappa shape index (κ2) is 15.2. The largest absolute Gasteiger partial charge is 0.534 e. The average molecular weight is 960 g/mol. The van der Waals surface area contributed by atoms with E-state index in [1.54, 1.807) is 12.1 Å². The van der Waals surface area contributed by atoms with Gasteiger partial charge in [-0.2, -0.15) is 21.6 Å². The molecule has 64 heavy (non-hydrogen) atoms. The van der Waals surface area contributed by atoms with Crippen molar-refractivity contribution in [2.45, 2.75) is 56.1 Å². The lowest BCUT2D eigenvalue weighted by Crippen LogP contribution is -2.49. The molecule has 0 saturated carbocycles. The van der Waals surface area contributed by atoms with Crippen molar-refractivity contribution in [2.75, 3.05) is 5.32 Å². The molecule has 6 heterocycles. The Morgan fingerprint density at radius 3 is 2.59 bits per heavy atom. The first-order valence-corrected chi connectivity index (χ1v) is 22.0. The van der Waals surface area contributed by atoms with Crippen molar-refractivity contribution in [2.24, 2.45) is 5.92 Å². The number of oxazole rings is 2. The zero-order valence-corrected chi connectivity index (χ0v) is 35.9. The van der Waals surface area contributed by atoms with Crippen LogP contribution in [0.3, 0.4) is 0 Å². The fraction of sp³-hybridized carbons (Fsp3) is 0.227. The molecule has 0 fully saturated rings. The van der Waals surface area contributed by atoms with Crippen LogP contribution in [0.2, 0.25) is 0 Å². The van der Waals surface area contributed by atoms with Gasteiger partial charge in [0.1, 0.15) is 29.9 Å². The number of benzene rings is 4. The minimum Gasteiger partial charge on any atom is -0.469 e. The van der Waals surface area contributed by atoms with Gasteiger partial charge >= 0.3 is 21.7 Å². The normalized spacial score (nSPS) is 20.0. The molecular formula is C44H34BrF3N6O9S. The Balaban J connectivity index is 1.10. The van der Waals surface area contributed by atoms with Crippen molar-refractivity contribution < 1.29 is 53.7 Å². The van der Waals surface area contributed by atoms with E-state index in [0.717, 1.165) is 27.4 Å². The van der Waals surface area contributed by atoms with Crippen LogP contribution in [-0.2, 0) is 38.1 Å². The molecule has 3 aliphatic heterocycles. The lowest BCUT2D eigenvalue weighted by molar-refractivity contribution is -0.124. The maximum atomic E-state index is 14.3. The third-order valence-corrected chi connectivity index (χ3v) is 13.1. The number of fused-ring (bicyclic) bond motifs is 5. The summed E-state index contributed by atoms with van der Waals surface area (Å²) in [6, 6.07) is 22.4. The molecule has 4 bridgehead atoms. The summed E-state index contributed by atoms with van der Waals surface area (Å²) in [6.07, 6.45) is 1.31. The monoisotopic (exact) mass is 958 g/mol. The molecule has 1 spiro atoms. The lowest BCUT2D eigenvalue weighted by Gasteiger charge is -2.28. The Morgan fingerprint density at radius 2 is 1.81 bits per heavy atom. The van der Waals surface area contributed by atoms with Crippen LogP contribution in [0.4, 0.5) is 23.7 Å². The van der Waals surface area contributed by atoms with Gasteiger partial charge in [0.05, 0.1) is 17.4 Å². The summed E-state index contributed by atoms with van der Waals surface area (Å²) < 4.78 is 94.5. The number of carbonyl (C=O) groups excluding carboxylic acids is 2. The molecule has 7 aromatic rings. The van der Waals surface area contributed by atoms with E-state index in [9.17, 15) is 31.2 Å². The van der Waals surface area contributed by atoms with Gasteiger partial charge < -0.3 is 43.4 Å². The third kappa shape index (κ3) is 6.73. The van der Waals surface area contributed by atoms with Crippen molar-refractivity contribution in [3.05, 3.63) is 136 Å². The van der Waals surface area contributed by atoms with E-state index in [4.69, 9.17) is 23.3 Å². The summed E-state index contributed by atoms with van der Waals surface area (Å²) in [4.78, 5) is 40.0. The van der Waals surface area contributed by atoms with Gasteiger partial charge in [-0.3, -0.25) is 4.79 Å². The molecule has 328 valence electrons. The van der Waals surface area contributed by atoms with Crippen molar-refractivity contribution in [1.29, 1.82) is 0 Å². The van der Waals surface area contributed by atoms with Crippen LogP contribution in [0.15, 0.2) is 111 Å². The van der Waals surface area contributed by atoms with E-state index >= 15 is 0 Å². The fourth-order valence-corrected chi connectivity index (χ4v) is 9.42. The van der Waals surface area contributed by atoms with Crippen LogP contribution in [-0.4, -0.2) is 53.1 Å². The molecule has 0 aliphatic carbocycles. The van der Waals surface area contributed by atoms with Crippen LogP contribution in [0.1, 0.15) is 53.8 Å². The highest BCUT2D eigenvalue weighted by Crippen LogP contribution is 2.60. The van der Waals surface area contributed by atoms with Crippen LogP contribution in [0, 0.1) is 5.92 Å². The number of anilines is 1. The van der Waals surface area contributed by atoms with E-state index in [1.165, 1.54) is 18.5 Å². The van der Waals surface area contributed by atoms with Crippen molar-refractivity contribution in [1.82, 2.24) is 25.6 Å². The first-order chi connectivity index (χ1) is 30.6. The Hall–Kier alpha value is -6.80. The molecule has 1 unspecified atom stereocenters. The number of ether oxygens (including phenoxy) is 2. The summed E-state index contributed by atoms with van der Waals surface area (Å²) in [7, 11) is -5.98. The van der Waals surface area contributed by atoms with Crippen LogP contribution in [0.5, 0.6) is 11.5 Å². The zero-order valence-electron chi connectivity index (χ0n) is 33.4. The van der Waals surface area contributed by atoms with Crippen molar-refractivity contribution >= 4 is 54.6 Å². The Labute approximate surface area is 370 Å². The number of hydrogen-bond donors (Lipinski definition) is 4. The highest BCUT2D eigenvalue weighted by molar-refractivity contribution is 9.10. The van der Waals surface area contributed by atoms with E-state index in [-0.39, 0.29) is 58.8 Å². The quantitative estimate of drug-likeness (QED) is 0.0837. The molecule has 10 rings (SSSR count). The minimum atomic E-state index is -5.98. The van der Waals surface area contributed by atoms with E-state index in [2.05, 4.69) is 46.0 Å². The van der Waals surface area contributed by atoms with Gasteiger partial charge in [-0.1, -0.05) is 80.6 Å². The Morgan fingerprint density at radius 1 is 1.02 bits per heavy atom. The maximum Gasteiger partial charge on any atom is 0.534 e. The van der Waals surface area contributed by atoms with Gasteiger partial charge in [0.2, 0.25) is 17.7 Å². The fourth-order valence-electron chi connectivity index (χ4n) is 8.46. The topological polar surface area (TPSA) is 200 Å². The predicted molar refractivity (Wildman–Crippen MR) is 226 cm³/mol. The number of nitrogens with one attached hydrogen (secondary N) is 4. The molecule has 4 aromatic carbocycles. The number of aromatic nitrogens is 3. The number of aromatic amines is 1. The summed E-state index contributed by atoms with van der Waals surface area (Å²) in [5.41, 5.74) is -2.86. The first kappa shape index (κ1) is 41.2. The van der Waals surface area contributed by atoms with Gasteiger partial charge in [0, 0.05) is 39.2 Å². The molecule has 3 aliphatic rings. The second-order valence-electron chi connectivity index (χ2n) is 15.8. The SMILES string of the molecule is CC(C)[C@@H]1NC(=O)[C@@H](NC(=O)OCc2ccccc2)Cc2ccc3c(c2)[C@@]2(c4cccc(Br)c4NC2O3)c2oc1nc2-c1ncc(-c2c[nH]c3c(OS(=O)(=O)C(F)(F)F)cccc23)o1. The number of alkyl carbamates (subject to hydrolysis) is 1. The number of H-pyrrole nitrogens is 1. The van der Waals surface area contributed by atoms with Crippen molar-refractivity contribution in [3.8, 4) is 34.4 Å². The van der Waals surface area contributed by atoms with Gasteiger partial charge in [-0.25, -0.2) is 14.8 Å². The number of para-hydroxylation sites is 2. The molecule has 3 aromatic heterocycles. The van der Waals surface area contributed by atoms with E-state index in [1.807, 2.05) is 74.5 Å². The minimum absolute atomic E-state index is 0.00978. The third-order valence-electron chi connectivity index (χ3n) is 11.4. The molecule has 4 atom stereocenters. The smallest absolute Gasteiger partial charge is 0.469 e. The average Bonchev–Trinajstić information content (AvgIpc) is 4.09. The number of nitrogens with zero attached hydrogens (tertiary/aromatic N) is 2. The molecular weight excluding hydrogens is 925 g/mol. The molecule has 4 N–H and O–H groups in total. The molecule has 2 amide bonds. The second-order valence-corrected chi connectivity index (χ2v) is 18.2. The molecule has 0 saturated heterocycles. The van der Waals surface area contributed by atoms with Gasteiger partial charge in [0.25, 0.3) is 0 Å². The summed E-state index contributed by atoms with van der Waals surface area (Å²) in [5.74, 6) is -0.415. The first-order valence-electron chi connectivity index (χ1n) is 19.8. The standard InChI is InChI=1S/C44H34BrF3N6O9S/c1-21(2)33-40-53-36(39-50-19-32(60-39)25-18-49-34-24(25)10-6-13-31(34)63-64(57,58)44(46,47)48)37(62-40)43-26-11-7-12-28(45)35(26)54-41(43)61-30-15-14-23(16-27(30)43)17-29(38(55)52-33)51-42(56)59-20-22-8-4-3-5-9-22/h3-16,18-19,21,29,33,41,49,54H,17,20H2,1-2H3,(H,51,56)(H,52,55)/t29-,33-,41?,43-/m0/s1. The number of carbonyl (C=O) groups is 2. The predicted octanol–water partition coefficient (Wildman–Crippen LogP) is 8.61. The summed E-state index contributed by atoms with van der Waals surface area (Å²) in [6.45, 7) is 3.74. The summed E-state index contributed by atoms with van der Waals surface area (Å²) in [5, 5.41) is 9.62. The zero-order chi connectivity index (χ0) is 44.7. The Bertz CT molecular complexity index is 3120. The highest BCUT2D eigenvalue weighted by Gasteiger charge is 2.61. The van der Waals surface area contributed by atoms with E-state index < -0.39 is 57.1 Å². The van der Waals surface area contributed by atoms with Crippen LogP contribution < -0.4 is 24.9 Å². The maximum absolute atomic E-state index is 14.3. The molecule has 15 nitrogen and oxygen atoms in total. The number of alkyl halides is 3. The summed E-state index contributed by atoms with van der Waals surface area (Å²) >= 11 is 3.70. The number of rotatable bonds is 8. The van der Waals surface area contributed by atoms with Crippen LogP contribution in [0.25, 0.3) is 33.8 Å². The van der Waals surface area contributed by atoms with Crippen molar-refractivity contribution in [3.63, 3.8) is 0 Å². The number of halogens is 4. The lowest BCUT2D eigenvalue weighted by atomic mass is 9.72. The van der Waals surface area contributed by atoms with E-state index in [0.29, 0.717) is 22.4 Å². The Kier molecular flexibility index (Phi) is 9.78. The number of amides is 2. The number of hydrogen-bond acceptors (Lipinski definition) is 12. The molecule has 0 radical (unpaired) electrons. The van der Waals surface area contributed by atoms with Gasteiger partial charge in [0.15, 0.2) is 29.2 Å². The van der Waals surface area contributed by atoms with Gasteiger partial charge in [-0.15, -0.1) is 0 Å². The van der Waals surface area contributed by atoms with Crippen LogP contribution >= 0.6 is 15.9 Å². The van der Waals surface area contributed by atoms with Gasteiger partial charge in [-0.05, 0) is 51.2 Å². The highest BCUT2D eigenvalue weighted by atomic mass is 79.9. The molecule has 20 heteroatoms.